The molecule has 1 fully saturated rings. The number of hydrogen-bond donors (Lipinski definition) is 1. The van der Waals surface area contributed by atoms with Gasteiger partial charge in [0.2, 0.25) is 0 Å². The van der Waals surface area contributed by atoms with Gasteiger partial charge in [0.15, 0.2) is 0 Å². The predicted octanol–water partition coefficient (Wildman–Crippen LogP) is 5.05. The molecule has 0 atom stereocenters. The van der Waals surface area contributed by atoms with Crippen molar-refractivity contribution in [1.29, 1.82) is 0 Å². The third-order valence-corrected chi connectivity index (χ3v) is 4.77. The van der Waals surface area contributed by atoms with Gasteiger partial charge in [-0.05, 0) is 36.5 Å². The first-order chi connectivity index (χ1) is 9.54. The lowest BCUT2D eigenvalue weighted by Gasteiger charge is -2.26. The van der Waals surface area contributed by atoms with Crippen molar-refractivity contribution in [2.24, 2.45) is 11.8 Å². The van der Waals surface area contributed by atoms with Crippen molar-refractivity contribution in [1.82, 2.24) is 5.32 Å². The largest absolute Gasteiger partial charge is 0.352 e. The second-order valence-electron chi connectivity index (χ2n) is 5.83. The third-order valence-electron chi connectivity index (χ3n) is 4.10. The molecule has 1 aliphatic carbocycles. The van der Waals surface area contributed by atoms with Gasteiger partial charge in [-0.3, -0.25) is 4.79 Å². The highest BCUT2D eigenvalue weighted by Gasteiger charge is 2.18. The smallest absolute Gasteiger partial charge is 0.251 e. The number of nitrogens with one attached hydrogen (secondary N) is 1. The lowest BCUT2D eigenvalue weighted by molar-refractivity contribution is 0.0949. The molecule has 0 unspecified atom stereocenters. The minimum Gasteiger partial charge on any atom is -0.352 e. The molecule has 2 rings (SSSR count). The molecule has 20 heavy (non-hydrogen) atoms. The topological polar surface area (TPSA) is 29.1 Å². The molecule has 0 aliphatic heterocycles. The fraction of sp³-hybridized carbons (Fsp3) is 0.562. The molecule has 1 saturated carbocycles. The molecule has 0 saturated heterocycles. The molecule has 0 radical (unpaired) electrons. The van der Waals surface area contributed by atoms with Crippen LogP contribution in [0.25, 0.3) is 0 Å². The molecule has 0 aromatic heterocycles. The Hall–Kier alpha value is -0.540. The third kappa shape index (κ3) is 4.78. The summed E-state index contributed by atoms with van der Waals surface area (Å²) in [4.78, 5) is 12.1. The van der Waals surface area contributed by atoms with Crippen LogP contribution in [0.15, 0.2) is 22.7 Å². The maximum atomic E-state index is 12.1. The molecule has 4 heteroatoms. The molecule has 1 aliphatic rings. The summed E-state index contributed by atoms with van der Waals surface area (Å²) in [6, 6.07) is 5.27. The Labute approximate surface area is 134 Å². The van der Waals surface area contributed by atoms with Crippen LogP contribution in [0.4, 0.5) is 0 Å². The fourth-order valence-electron chi connectivity index (χ4n) is 2.79. The maximum Gasteiger partial charge on any atom is 0.251 e. The summed E-state index contributed by atoms with van der Waals surface area (Å²) in [5, 5.41) is 3.57. The van der Waals surface area contributed by atoms with Crippen molar-refractivity contribution >= 4 is 33.4 Å². The van der Waals surface area contributed by atoms with Crippen LogP contribution in [0, 0.1) is 11.8 Å². The molecule has 110 valence electrons. The first-order valence-electron chi connectivity index (χ1n) is 7.29. The van der Waals surface area contributed by atoms with E-state index in [4.69, 9.17) is 11.6 Å². The highest BCUT2D eigenvalue weighted by molar-refractivity contribution is 9.10. The molecule has 0 spiro atoms. The Kier molecular flexibility index (Phi) is 5.91. The minimum absolute atomic E-state index is 0.0441. The van der Waals surface area contributed by atoms with E-state index in [0.29, 0.717) is 10.6 Å². The van der Waals surface area contributed by atoms with E-state index in [1.807, 2.05) is 0 Å². The normalized spacial score (nSPS) is 22.6. The molecule has 2 nitrogen and oxygen atoms in total. The van der Waals surface area contributed by atoms with E-state index in [2.05, 4.69) is 28.2 Å². The summed E-state index contributed by atoms with van der Waals surface area (Å²) in [5.74, 6) is 1.61. The highest BCUT2D eigenvalue weighted by atomic mass is 79.9. The summed E-state index contributed by atoms with van der Waals surface area (Å²) >= 11 is 9.31. The number of carbonyl (C=O) groups excluding carboxylic acids is 1. The zero-order chi connectivity index (χ0) is 14.5. The van der Waals surface area contributed by atoms with Gasteiger partial charge >= 0.3 is 0 Å². The van der Waals surface area contributed by atoms with Gasteiger partial charge in [0.1, 0.15) is 0 Å². The van der Waals surface area contributed by atoms with Crippen LogP contribution in [0.3, 0.4) is 0 Å². The van der Waals surface area contributed by atoms with Gasteiger partial charge < -0.3 is 5.32 Å². The molecule has 1 N–H and O–H groups in total. The van der Waals surface area contributed by atoms with Gasteiger partial charge in [-0.15, -0.1) is 0 Å². The fourth-order valence-corrected chi connectivity index (χ4v) is 3.65. The average Bonchev–Trinajstić information content (AvgIpc) is 2.40. The SMILES string of the molecule is CC1CCC(CCNC(=O)c2cc(Cl)cc(Br)c2)CC1. The van der Waals surface area contributed by atoms with Crippen LogP contribution >= 0.6 is 27.5 Å². The van der Waals surface area contributed by atoms with Crippen LogP contribution in [-0.4, -0.2) is 12.5 Å². The van der Waals surface area contributed by atoms with E-state index >= 15 is 0 Å². The van der Waals surface area contributed by atoms with Crippen molar-refractivity contribution in [3.8, 4) is 0 Å². The van der Waals surface area contributed by atoms with E-state index in [1.54, 1.807) is 18.2 Å². The Balaban J connectivity index is 1.77. The van der Waals surface area contributed by atoms with E-state index in [-0.39, 0.29) is 5.91 Å². The number of rotatable bonds is 4. The van der Waals surface area contributed by atoms with E-state index < -0.39 is 0 Å². The number of halogens is 2. The average molecular weight is 359 g/mol. The standard InChI is InChI=1S/C16H21BrClNO/c1-11-2-4-12(5-3-11)6-7-19-16(20)13-8-14(17)10-15(18)9-13/h8-12H,2-7H2,1H3,(H,19,20). The van der Waals surface area contributed by atoms with Crippen LogP contribution in [-0.2, 0) is 0 Å². The van der Waals surface area contributed by atoms with Crippen molar-refractivity contribution in [2.75, 3.05) is 6.54 Å². The zero-order valence-corrected chi connectivity index (χ0v) is 14.1. The lowest BCUT2D eigenvalue weighted by Crippen LogP contribution is -2.26. The minimum atomic E-state index is -0.0441. The van der Waals surface area contributed by atoms with E-state index in [0.717, 1.165) is 29.3 Å². The van der Waals surface area contributed by atoms with Gasteiger partial charge in [-0.1, -0.05) is 60.1 Å². The molecular weight excluding hydrogens is 338 g/mol. The summed E-state index contributed by atoms with van der Waals surface area (Å²) in [6.45, 7) is 3.08. The molecule has 1 aromatic rings. The summed E-state index contributed by atoms with van der Waals surface area (Å²) in [5.41, 5.74) is 0.613. The summed E-state index contributed by atoms with van der Waals surface area (Å²) < 4.78 is 0.830. The number of benzene rings is 1. The maximum absolute atomic E-state index is 12.1. The first-order valence-corrected chi connectivity index (χ1v) is 8.46. The monoisotopic (exact) mass is 357 g/mol. The molecular formula is C16H21BrClNO. The summed E-state index contributed by atoms with van der Waals surface area (Å²) in [7, 11) is 0. The van der Waals surface area contributed by atoms with Crippen LogP contribution in [0.5, 0.6) is 0 Å². The van der Waals surface area contributed by atoms with Crippen molar-refractivity contribution in [2.45, 2.75) is 39.0 Å². The first kappa shape index (κ1) is 15.8. The van der Waals surface area contributed by atoms with E-state index in [9.17, 15) is 4.79 Å². The Morgan fingerprint density at radius 1 is 1.30 bits per heavy atom. The van der Waals surface area contributed by atoms with Crippen molar-refractivity contribution in [3.63, 3.8) is 0 Å². The van der Waals surface area contributed by atoms with Gasteiger partial charge in [-0.25, -0.2) is 0 Å². The van der Waals surface area contributed by atoms with Crippen LogP contribution < -0.4 is 5.32 Å². The Morgan fingerprint density at radius 3 is 2.65 bits per heavy atom. The van der Waals surface area contributed by atoms with Crippen LogP contribution in [0.1, 0.15) is 49.4 Å². The number of carbonyl (C=O) groups is 1. The van der Waals surface area contributed by atoms with E-state index in [1.165, 1.54) is 25.7 Å². The molecule has 0 heterocycles. The molecule has 1 aromatic carbocycles. The van der Waals surface area contributed by atoms with Gasteiger partial charge in [-0.2, -0.15) is 0 Å². The zero-order valence-electron chi connectivity index (χ0n) is 11.8. The van der Waals surface area contributed by atoms with Crippen molar-refractivity contribution < 1.29 is 4.79 Å². The number of hydrogen-bond acceptors (Lipinski definition) is 1. The quantitative estimate of drug-likeness (QED) is 0.802. The van der Waals surface area contributed by atoms with Crippen LogP contribution in [0.2, 0.25) is 5.02 Å². The van der Waals surface area contributed by atoms with Gasteiger partial charge in [0.05, 0.1) is 0 Å². The number of amides is 1. The second kappa shape index (κ2) is 7.46. The molecule has 0 bridgehead atoms. The summed E-state index contributed by atoms with van der Waals surface area (Å²) in [6.07, 6.45) is 6.36. The lowest BCUT2D eigenvalue weighted by atomic mass is 9.81. The highest BCUT2D eigenvalue weighted by Crippen LogP contribution is 2.30. The Morgan fingerprint density at radius 2 is 2.00 bits per heavy atom. The predicted molar refractivity (Wildman–Crippen MR) is 87.2 cm³/mol. The second-order valence-corrected chi connectivity index (χ2v) is 7.18. The van der Waals surface area contributed by atoms with Gasteiger partial charge in [0, 0.05) is 21.6 Å². The Bertz CT molecular complexity index is 449. The van der Waals surface area contributed by atoms with Gasteiger partial charge in [0.25, 0.3) is 5.91 Å². The van der Waals surface area contributed by atoms with Crippen molar-refractivity contribution in [3.05, 3.63) is 33.3 Å². The molecule has 1 amide bonds.